The quantitative estimate of drug-likeness (QED) is 0.639. The molecule has 1 amide bonds. The summed E-state index contributed by atoms with van der Waals surface area (Å²) in [4.78, 5) is 12.8. The maximum absolute atomic E-state index is 12.6. The highest BCUT2D eigenvalue weighted by Gasteiger charge is 2.20. The van der Waals surface area contributed by atoms with Crippen molar-refractivity contribution in [1.82, 2.24) is 4.31 Å². The summed E-state index contributed by atoms with van der Waals surface area (Å²) in [5.74, 6) is -0.278. The summed E-state index contributed by atoms with van der Waals surface area (Å²) in [6.07, 6.45) is 1.73. The van der Waals surface area contributed by atoms with E-state index in [1.165, 1.54) is 16.4 Å². The normalized spacial score (nSPS) is 11.7. The van der Waals surface area contributed by atoms with E-state index in [1.807, 2.05) is 49.4 Å². The van der Waals surface area contributed by atoms with Gasteiger partial charge in [0.2, 0.25) is 10.0 Å². The maximum atomic E-state index is 12.6. The van der Waals surface area contributed by atoms with E-state index in [4.69, 9.17) is 0 Å². The molecule has 146 valence electrons. The lowest BCUT2D eigenvalue weighted by Gasteiger charge is -2.17. The summed E-state index contributed by atoms with van der Waals surface area (Å²) < 4.78 is 26.5. The van der Waals surface area contributed by atoms with E-state index in [0.717, 1.165) is 29.3 Å². The lowest BCUT2D eigenvalue weighted by Crippen LogP contribution is -2.28. The van der Waals surface area contributed by atoms with Gasteiger partial charge in [0.25, 0.3) is 5.91 Å². The van der Waals surface area contributed by atoms with Crippen LogP contribution in [0.4, 0.5) is 5.69 Å². The van der Waals surface area contributed by atoms with Gasteiger partial charge in [-0.25, -0.2) is 12.7 Å². The van der Waals surface area contributed by atoms with Crippen LogP contribution in [0.5, 0.6) is 0 Å². The molecule has 6 heteroatoms. The number of unbranched alkanes of at least 4 members (excludes halogenated alkanes) is 1. The van der Waals surface area contributed by atoms with E-state index in [-0.39, 0.29) is 10.8 Å². The molecule has 3 aromatic carbocycles. The molecule has 0 heterocycles. The van der Waals surface area contributed by atoms with Crippen molar-refractivity contribution >= 4 is 32.4 Å². The van der Waals surface area contributed by atoms with Gasteiger partial charge in [-0.15, -0.1) is 0 Å². The van der Waals surface area contributed by atoms with Crippen molar-refractivity contribution < 1.29 is 13.2 Å². The third kappa shape index (κ3) is 4.24. The van der Waals surface area contributed by atoms with Crippen LogP contribution in [-0.2, 0) is 10.0 Å². The number of nitrogens with zero attached hydrogens (tertiary/aromatic N) is 1. The summed E-state index contributed by atoms with van der Waals surface area (Å²) in [5, 5.41) is 4.90. The summed E-state index contributed by atoms with van der Waals surface area (Å²) in [5.41, 5.74) is 1.13. The molecule has 0 saturated heterocycles. The SMILES string of the molecule is CCCCN(C)S(=O)(=O)c1ccc(C(=O)Nc2cccc3ccccc23)cc1. The standard InChI is InChI=1S/C22H24N2O3S/c1-3-4-16-24(2)28(26,27)19-14-12-18(13-15-19)22(25)23-21-11-7-9-17-8-5-6-10-20(17)21/h5-15H,3-4,16H2,1-2H3,(H,23,25). The highest BCUT2D eigenvalue weighted by atomic mass is 32.2. The van der Waals surface area contributed by atoms with Crippen LogP contribution in [0.3, 0.4) is 0 Å². The van der Waals surface area contributed by atoms with E-state index in [9.17, 15) is 13.2 Å². The smallest absolute Gasteiger partial charge is 0.255 e. The van der Waals surface area contributed by atoms with Crippen molar-refractivity contribution in [3.63, 3.8) is 0 Å². The fourth-order valence-electron chi connectivity index (χ4n) is 2.99. The molecule has 28 heavy (non-hydrogen) atoms. The van der Waals surface area contributed by atoms with Gasteiger partial charge in [0.15, 0.2) is 0 Å². The molecular formula is C22H24N2O3S. The Bertz CT molecular complexity index is 1070. The number of hydrogen-bond acceptors (Lipinski definition) is 3. The van der Waals surface area contributed by atoms with Crippen LogP contribution in [0.25, 0.3) is 10.8 Å². The Morgan fingerprint density at radius 2 is 1.64 bits per heavy atom. The minimum Gasteiger partial charge on any atom is -0.321 e. The Morgan fingerprint density at radius 1 is 0.964 bits per heavy atom. The number of anilines is 1. The molecule has 3 aromatic rings. The maximum Gasteiger partial charge on any atom is 0.255 e. The molecule has 5 nitrogen and oxygen atoms in total. The van der Waals surface area contributed by atoms with E-state index in [1.54, 1.807) is 19.2 Å². The van der Waals surface area contributed by atoms with Crippen molar-refractivity contribution in [1.29, 1.82) is 0 Å². The number of fused-ring (bicyclic) bond motifs is 1. The molecule has 1 N–H and O–H groups in total. The predicted molar refractivity (Wildman–Crippen MR) is 113 cm³/mol. The molecule has 0 fully saturated rings. The van der Waals surface area contributed by atoms with Crippen molar-refractivity contribution in [2.75, 3.05) is 18.9 Å². The molecule has 0 aliphatic rings. The third-order valence-electron chi connectivity index (χ3n) is 4.69. The Hall–Kier alpha value is -2.70. The van der Waals surface area contributed by atoms with E-state index < -0.39 is 10.0 Å². The van der Waals surface area contributed by atoms with Gasteiger partial charge in [-0.3, -0.25) is 4.79 Å². The first-order valence-corrected chi connectivity index (χ1v) is 10.7. The third-order valence-corrected chi connectivity index (χ3v) is 6.56. The molecule has 3 rings (SSSR count). The summed E-state index contributed by atoms with van der Waals surface area (Å²) in [6.45, 7) is 2.49. The lowest BCUT2D eigenvalue weighted by molar-refractivity contribution is 0.102. The second-order valence-corrected chi connectivity index (χ2v) is 8.73. The number of amides is 1. The Kier molecular flexibility index (Phi) is 6.11. The fraction of sp³-hybridized carbons (Fsp3) is 0.227. The zero-order valence-corrected chi connectivity index (χ0v) is 16.9. The Morgan fingerprint density at radius 3 is 2.36 bits per heavy atom. The van der Waals surface area contributed by atoms with Gasteiger partial charge in [-0.1, -0.05) is 49.7 Å². The van der Waals surface area contributed by atoms with Gasteiger partial charge in [0, 0.05) is 30.2 Å². The molecule has 0 spiro atoms. The topological polar surface area (TPSA) is 66.5 Å². The summed E-state index contributed by atoms with van der Waals surface area (Å²) in [6, 6.07) is 19.6. The van der Waals surface area contributed by atoms with Gasteiger partial charge in [0.1, 0.15) is 0 Å². The molecule has 0 aromatic heterocycles. The molecular weight excluding hydrogens is 372 g/mol. The van der Waals surface area contributed by atoms with Gasteiger partial charge < -0.3 is 5.32 Å². The predicted octanol–water partition coefficient (Wildman–Crippen LogP) is 4.51. The van der Waals surface area contributed by atoms with E-state index in [2.05, 4.69) is 5.32 Å². The minimum atomic E-state index is -3.54. The molecule has 0 saturated carbocycles. The van der Waals surface area contributed by atoms with Crippen LogP contribution in [-0.4, -0.2) is 32.2 Å². The first kappa shape index (κ1) is 20.0. The minimum absolute atomic E-state index is 0.188. The number of benzene rings is 3. The first-order chi connectivity index (χ1) is 13.4. The summed E-state index contributed by atoms with van der Waals surface area (Å²) in [7, 11) is -1.96. The number of sulfonamides is 1. The number of rotatable bonds is 7. The zero-order chi connectivity index (χ0) is 20.1. The highest BCUT2D eigenvalue weighted by molar-refractivity contribution is 7.89. The summed E-state index contributed by atoms with van der Waals surface area (Å²) >= 11 is 0. The highest BCUT2D eigenvalue weighted by Crippen LogP contribution is 2.24. The first-order valence-electron chi connectivity index (χ1n) is 9.29. The van der Waals surface area contributed by atoms with Crippen LogP contribution in [0, 0.1) is 0 Å². The lowest BCUT2D eigenvalue weighted by atomic mass is 10.1. The number of carbonyl (C=O) groups is 1. The van der Waals surface area contributed by atoms with Gasteiger partial charge >= 0.3 is 0 Å². The Balaban J connectivity index is 1.78. The van der Waals surface area contributed by atoms with Gasteiger partial charge in [-0.2, -0.15) is 0 Å². The van der Waals surface area contributed by atoms with Crippen LogP contribution in [0.1, 0.15) is 30.1 Å². The van der Waals surface area contributed by atoms with Crippen molar-refractivity contribution in [3.8, 4) is 0 Å². The number of hydrogen-bond donors (Lipinski definition) is 1. The zero-order valence-electron chi connectivity index (χ0n) is 16.1. The molecule has 0 aliphatic carbocycles. The number of carbonyl (C=O) groups excluding carboxylic acids is 1. The van der Waals surface area contributed by atoms with Crippen molar-refractivity contribution in [2.45, 2.75) is 24.7 Å². The molecule has 0 atom stereocenters. The average Bonchev–Trinajstić information content (AvgIpc) is 2.72. The number of nitrogens with one attached hydrogen (secondary N) is 1. The average molecular weight is 397 g/mol. The van der Waals surface area contributed by atoms with Crippen LogP contribution in [0.15, 0.2) is 71.6 Å². The van der Waals surface area contributed by atoms with E-state index in [0.29, 0.717) is 12.1 Å². The van der Waals surface area contributed by atoms with E-state index >= 15 is 0 Å². The fourth-order valence-corrected chi connectivity index (χ4v) is 4.20. The second kappa shape index (κ2) is 8.54. The van der Waals surface area contributed by atoms with Crippen molar-refractivity contribution in [3.05, 3.63) is 72.3 Å². The Labute approximate surface area is 166 Å². The largest absolute Gasteiger partial charge is 0.321 e. The van der Waals surface area contributed by atoms with Crippen LogP contribution < -0.4 is 5.32 Å². The molecule has 0 unspecified atom stereocenters. The van der Waals surface area contributed by atoms with Gasteiger partial charge in [-0.05, 0) is 42.1 Å². The molecule has 0 aliphatic heterocycles. The monoisotopic (exact) mass is 396 g/mol. The van der Waals surface area contributed by atoms with Gasteiger partial charge in [0.05, 0.1) is 4.90 Å². The van der Waals surface area contributed by atoms with Crippen LogP contribution in [0.2, 0.25) is 0 Å². The van der Waals surface area contributed by atoms with Crippen molar-refractivity contribution in [2.24, 2.45) is 0 Å². The van der Waals surface area contributed by atoms with Crippen LogP contribution >= 0.6 is 0 Å². The molecule has 0 bridgehead atoms. The molecule has 0 radical (unpaired) electrons. The second-order valence-electron chi connectivity index (χ2n) is 6.69.